The molecule has 0 radical (unpaired) electrons. The van der Waals surface area contributed by atoms with E-state index in [1.165, 1.54) is 36.0 Å². The number of para-hydroxylation sites is 1. The molecule has 0 aliphatic rings. The van der Waals surface area contributed by atoms with Crippen molar-refractivity contribution in [1.29, 1.82) is 0 Å². The molecule has 0 spiro atoms. The Morgan fingerprint density at radius 2 is 1.59 bits per heavy atom. The van der Waals surface area contributed by atoms with E-state index in [-0.39, 0.29) is 10.8 Å². The Bertz CT molecular complexity index is 1320. The average Bonchev–Trinajstić information content (AvgIpc) is 3.20. The highest BCUT2D eigenvalue weighted by atomic mass is 32.2. The number of rotatable bonds is 7. The van der Waals surface area contributed by atoms with Gasteiger partial charge in [0.1, 0.15) is 0 Å². The summed E-state index contributed by atoms with van der Waals surface area (Å²) in [7, 11) is -1.81. The number of aromatic nitrogens is 2. The van der Waals surface area contributed by atoms with Gasteiger partial charge in [-0.15, -0.1) is 0 Å². The lowest BCUT2D eigenvalue weighted by atomic mass is 10.2. The second kappa shape index (κ2) is 9.29. The third-order valence-electron chi connectivity index (χ3n) is 4.55. The van der Waals surface area contributed by atoms with E-state index in [0.717, 1.165) is 10.1 Å². The van der Waals surface area contributed by atoms with Crippen LogP contribution in [0.2, 0.25) is 0 Å². The van der Waals surface area contributed by atoms with Crippen LogP contribution >= 0.6 is 11.8 Å². The lowest BCUT2D eigenvalue weighted by Gasteiger charge is -2.09. The number of nitrogens with zero attached hydrogens (tertiary/aromatic N) is 2. The molecule has 4 rings (SSSR count). The van der Waals surface area contributed by atoms with Crippen LogP contribution in [0.3, 0.4) is 0 Å². The summed E-state index contributed by atoms with van der Waals surface area (Å²) >= 11 is 1.53. The molecule has 7 nitrogen and oxygen atoms in total. The smallest absolute Gasteiger partial charge is 0.261 e. The maximum absolute atomic E-state index is 12.6. The first-order valence-corrected chi connectivity index (χ1v) is 12.0. The number of amides is 1. The van der Waals surface area contributed by atoms with Gasteiger partial charge in [-0.25, -0.2) is 13.4 Å². The summed E-state index contributed by atoms with van der Waals surface area (Å²) in [6.07, 6.45) is 3.62. The fraction of sp³-hybridized carbons (Fsp3) is 0.0435. The predicted octanol–water partition coefficient (Wildman–Crippen LogP) is 4.62. The minimum atomic E-state index is -3.74. The van der Waals surface area contributed by atoms with Gasteiger partial charge in [0.25, 0.3) is 15.9 Å². The number of imidazole rings is 1. The summed E-state index contributed by atoms with van der Waals surface area (Å²) < 4.78 is 29.5. The van der Waals surface area contributed by atoms with Crippen molar-refractivity contribution in [1.82, 2.24) is 9.55 Å². The van der Waals surface area contributed by atoms with Crippen molar-refractivity contribution in [3.8, 4) is 0 Å². The first-order valence-electron chi connectivity index (χ1n) is 9.65. The molecule has 0 atom stereocenters. The Hall–Kier alpha value is -3.56. The monoisotopic (exact) mass is 464 g/mol. The van der Waals surface area contributed by atoms with Gasteiger partial charge >= 0.3 is 0 Å². The summed E-state index contributed by atoms with van der Waals surface area (Å²) in [5.74, 6) is -0.325. The third kappa shape index (κ3) is 5.19. The van der Waals surface area contributed by atoms with Gasteiger partial charge in [0.15, 0.2) is 5.16 Å². The standard InChI is InChI=1S/C23H20N4O3S2/c1-27-16-15-24-23(27)31-20-11-9-18(10-12-20)25-22(28)17-7-13-21(14-8-17)32(29,30)26-19-5-3-2-4-6-19/h2-16,26H,1H3,(H,25,28). The maximum atomic E-state index is 12.6. The molecule has 0 unspecified atom stereocenters. The minimum Gasteiger partial charge on any atom is -0.329 e. The van der Waals surface area contributed by atoms with Gasteiger partial charge in [-0.3, -0.25) is 9.52 Å². The molecule has 1 aromatic heterocycles. The quantitative estimate of drug-likeness (QED) is 0.416. The zero-order valence-corrected chi connectivity index (χ0v) is 18.7. The van der Waals surface area contributed by atoms with E-state index >= 15 is 0 Å². The molecular formula is C23H20N4O3S2. The summed E-state index contributed by atoms with van der Waals surface area (Å²) in [5, 5.41) is 3.69. The van der Waals surface area contributed by atoms with Crippen LogP contribution < -0.4 is 10.0 Å². The fourth-order valence-electron chi connectivity index (χ4n) is 2.87. The molecule has 4 aromatic rings. The largest absolute Gasteiger partial charge is 0.329 e. The SMILES string of the molecule is Cn1ccnc1Sc1ccc(NC(=O)c2ccc(S(=O)(=O)Nc3ccccc3)cc2)cc1. The molecule has 32 heavy (non-hydrogen) atoms. The Kier molecular flexibility index (Phi) is 6.29. The van der Waals surface area contributed by atoms with Crippen LogP contribution in [0, 0.1) is 0 Å². The molecule has 162 valence electrons. The number of hydrogen-bond donors (Lipinski definition) is 2. The number of carbonyl (C=O) groups is 1. The van der Waals surface area contributed by atoms with E-state index < -0.39 is 10.0 Å². The Balaban J connectivity index is 1.40. The molecule has 0 aliphatic heterocycles. The van der Waals surface area contributed by atoms with Crippen molar-refractivity contribution in [3.05, 3.63) is 96.8 Å². The number of hydrogen-bond acceptors (Lipinski definition) is 5. The van der Waals surface area contributed by atoms with Crippen molar-refractivity contribution < 1.29 is 13.2 Å². The van der Waals surface area contributed by atoms with Gasteiger partial charge < -0.3 is 9.88 Å². The molecule has 2 N–H and O–H groups in total. The number of benzene rings is 3. The summed E-state index contributed by atoms with van der Waals surface area (Å²) in [6.45, 7) is 0. The first-order chi connectivity index (χ1) is 15.4. The van der Waals surface area contributed by atoms with Crippen molar-refractivity contribution in [2.45, 2.75) is 14.9 Å². The second-order valence-electron chi connectivity index (χ2n) is 6.90. The highest BCUT2D eigenvalue weighted by Crippen LogP contribution is 2.27. The van der Waals surface area contributed by atoms with E-state index in [4.69, 9.17) is 0 Å². The minimum absolute atomic E-state index is 0.0774. The van der Waals surface area contributed by atoms with Gasteiger partial charge in [-0.05, 0) is 60.7 Å². The van der Waals surface area contributed by atoms with Crippen LogP contribution in [0.1, 0.15) is 10.4 Å². The average molecular weight is 465 g/mol. The van der Waals surface area contributed by atoms with Gasteiger partial charge in [-0.2, -0.15) is 0 Å². The highest BCUT2D eigenvalue weighted by Gasteiger charge is 2.15. The summed E-state index contributed by atoms with van der Waals surface area (Å²) in [4.78, 5) is 17.9. The summed E-state index contributed by atoms with van der Waals surface area (Å²) in [5.41, 5.74) is 1.47. The van der Waals surface area contributed by atoms with E-state index in [0.29, 0.717) is 16.9 Å². The lowest BCUT2D eigenvalue weighted by molar-refractivity contribution is 0.102. The van der Waals surface area contributed by atoms with E-state index in [2.05, 4.69) is 15.0 Å². The van der Waals surface area contributed by atoms with Crippen LogP contribution in [0.15, 0.2) is 106 Å². The maximum Gasteiger partial charge on any atom is 0.261 e. The van der Waals surface area contributed by atoms with Gasteiger partial charge in [0.2, 0.25) is 0 Å². The molecule has 0 bridgehead atoms. The normalized spacial score (nSPS) is 11.2. The van der Waals surface area contributed by atoms with Gasteiger partial charge in [-0.1, -0.05) is 30.0 Å². The van der Waals surface area contributed by atoms with E-state index in [1.54, 1.807) is 36.5 Å². The molecular weight excluding hydrogens is 444 g/mol. The molecule has 0 aliphatic carbocycles. The van der Waals surface area contributed by atoms with Crippen LogP contribution in [0.5, 0.6) is 0 Å². The van der Waals surface area contributed by atoms with Crippen molar-refractivity contribution >= 4 is 39.1 Å². The Labute approximate surface area is 190 Å². The number of anilines is 2. The highest BCUT2D eigenvalue weighted by molar-refractivity contribution is 7.99. The molecule has 0 saturated carbocycles. The third-order valence-corrected chi connectivity index (χ3v) is 7.03. The van der Waals surface area contributed by atoms with E-state index in [1.807, 2.05) is 42.1 Å². The molecule has 0 fully saturated rings. The van der Waals surface area contributed by atoms with Crippen LogP contribution in [-0.2, 0) is 17.1 Å². The molecule has 1 amide bonds. The number of nitrogens with one attached hydrogen (secondary N) is 2. The lowest BCUT2D eigenvalue weighted by Crippen LogP contribution is -2.14. The van der Waals surface area contributed by atoms with Crippen molar-refractivity contribution in [3.63, 3.8) is 0 Å². The Morgan fingerprint density at radius 3 is 2.22 bits per heavy atom. The van der Waals surface area contributed by atoms with Crippen LogP contribution in [0.25, 0.3) is 0 Å². The predicted molar refractivity (Wildman–Crippen MR) is 125 cm³/mol. The second-order valence-corrected chi connectivity index (χ2v) is 9.62. The molecule has 0 saturated heterocycles. The van der Waals surface area contributed by atoms with Crippen molar-refractivity contribution in [2.75, 3.05) is 10.0 Å². The van der Waals surface area contributed by atoms with E-state index in [9.17, 15) is 13.2 Å². The van der Waals surface area contributed by atoms with Crippen LogP contribution in [-0.4, -0.2) is 23.9 Å². The fourth-order valence-corrected chi connectivity index (χ4v) is 4.73. The van der Waals surface area contributed by atoms with Crippen LogP contribution in [0.4, 0.5) is 11.4 Å². The first kappa shape index (κ1) is 21.7. The van der Waals surface area contributed by atoms with Gasteiger partial charge in [0, 0.05) is 41.3 Å². The number of aryl methyl sites for hydroxylation is 1. The Morgan fingerprint density at radius 1 is 0.906 bits per heavy atom. The zero-order valence-electron chi connectivity index (χ0n) is 17.1. The topological polar surface area (TPSA) is 93.1 Å². The van der Waals surface area contributed by atoms with Crippen molar-refractivity contribution in [2.24, 2.45) is 7.05 Å². The van der Waals surface area contributed by atoms with Gasteiger partial charge in [0.05, 0.1) is 4.90 Å². The molecule has 3 aromatic carbocycles. The molecule has 9 heteroatoms. The number of carbonyl (C=O) groups excluding carboxylic acids is 1. The zero-order chi connectivity index (χ0) is 22.6. The number of sulfonamides is 1. The molecule has 1 heterocycles. The summed E-state index contributed by atoms with van der Waals surface area (Å²) in [6, 6.07) is 21.8.